The summed E-state index contributed by atoms with van der Waals surface area (Å²) in [5.41, 5.74) is 0. The molecule has 0 amide bonds. The number of ether oxygens (including phenoxy) is 1. The van der Waals surface area contributed by atoms with Crippen molar-refractivity contribution >= 4 is 40.8 Å². The number of hydrogen-bond acceptors (Lipinski definition) is 3. The van der Waals surface area contributed by atoms with Crippen LogP contribution < -0.4 is 0 Å². The Morgan fingerprint density at radius 3 is 2.77 bits per heavy atom. The van der Waals surface area contributed by atoms with E-state index in [-0.39, 0.29) is 12.0 Å². The van der Waals surface area contributed by atoms with E-state index >= 15 is 0 Å². The van der Waals surface area contributed by atoms with E-state index in [4.69, 9.17) is 39.5 Å². The van der Waals surface area contributed by atoms with E-state index < -0.39 is 10.0 Å². The van der Waals surface area contributed by atoms with E-state index in [1.807, 2.05) is 4.90 Å². The van der Waals surface area contributed by atoms with Crippen molar-refractivity contribution in [1.82, 2.24) is 4.90 Å². The Bertz CT molecular complexity index is 240. The molecule has 0 unspecified atom stereocenters. The largest absolute Gasteiger partial charge is 0.440 e. The normalized spacial score (nSPS) is 34.8. The number of halogens is 3. The van der Waals surface area contributed by atoms with Gasteiger partial charge in [-0.2, -0.15) is 0 Å². The molecular weight excluding hydrogens is 236 g/mol. The lowest BCUT2D eigenvalue weighted by Crippen LogP contribution is -2.41. The highest BCUT2D eigenvalue weighted by Gasteiger charge is 2.52. The lowest BCUT2D eigenvalue weighted by molar-refractivity contribution is -0.142. The van der Waals surface area contributed by atoms with E-state index in [2.05, 4.69) is 0 Å². The van der Waals surface area contributed by atoms with Crippen molar-refractivity contribution in [2.45, 2.75) is 28.9 Å². The summed E-state index contributed by atoms with van der Waals surface area (Å²) in [6.45, 7) is 0.759. The SMILES string of the molecule is O=C1O[C@H](C(Cl)(Cl)Cl)N2CCC[C@H]12. The van der Waals surface area contributed by atoms with Gasteiger partial charge in [-0.3, -0.25) is 9.69 Å². The Morgan fingerprint density at radius 2 is 2.15 bits per heavy atom. The summed E-state index contributed by atoms with van der Waals surface area (Å²) in [7, 11) is 0. The zero-order valence-corrected chi connectivity index (χ0v) is 8.94. The summed E-state index contributed by atoms with van der Waals surface area (Å²) >= 11 is 17.0. The molecule has 0 saturated carbocycles. The molecule has 74 valence electrons. The first-order valence-electron chi connectivity index (χ1n) is 4.03. The third-order valence-electron chi connectivity index (χ3n) is 2.38. The topological polar surface area (TPSA) is 29.5 Å². The van der Waals surface area contributed by atoms with Crippen LogP contribution >= 0.6 is 34.8 Å². The van der Waals surface area contributed by atoms with Gasteiger partial charge in [0.25, 0.3) is 0 Å². The van der Waals surface area contributed by atoms with Gasteiger partial charge in [0, 0.05) is 6.54 Å². The number of carbonyl (C=O) groups is 1. The van der Waals surface area contributed by atoms with Gasteiger partial charge in [0.2, 0.25) is 10.0 Å². The maximum Gasteiger partial charge on any atom is 0.325 e. The quantitative estimate of drug-likeness (QED) is 0.480. The first-order chi connectivity index (χ1) is 6.00. The Morgan fingerprint density at radius 1 is 1.46 bits per heavy atom. The molecule has 0 bridgehead atoms. The first kappa shape index (κ1) is 9.84. The predicted octanol–water partition coefficient (Wildman–Crippen LogP) is 1.70. The lowest BCUT2D eigenvalue weighted by atomic mass is 10.2. The summed E-state index contributed by atoms with van der Waals surface area (Å²) in [5, 5.41) is 0. The van der Waals surface area contributed by atoms with Crippen LogP contribution in [-0.4, -0.2) is 33.5 Å². The van der Waals surface area contributed by atoms with Crippen molar-refractivity contribution in [3.8, 4) is 0 Å². The fourth-order valence-electron chi connectivity index (χ4n) is 1.83. The molecule has 0 aromatic heterocycles. The number of nitrogens with zero attached hydrogens (tertiary/aromatic N) is 1. The Labute approximate surface area is 90.9 Å². The van der Waals surface area contributed by atoms with Crippen LogP contribution in [0.5, 0.6) is 0 Å². The monoisotopic (exact) mass is 243 g/mol. The molecule has 2 aliphatic rings. The van der Waals surface area contributed by atoms with Crippen molar-refractivity contribution in [2.24, 2.45) is 0 Å². The minimum atomic E-state index is -1.55. The molecule has 2 saturated heterocycles. The minimum absolute atomic E-state index is 0.194. The van der Waals surface area contributed by atoms with Gasteiger partial charge >= 0.3 is 5.97 Å². The van der Waals surface area contributed by atoms with Crippen molar-refractivity contribution < 1.29 is 9.53 Å². The second-order valence-corrected chi connectivity index (χ2v) is 5.60. The summed E-state index contributed by atoms with van der Waals surface area (Å²) < 4.78 is 3.44. The summed E-state index contributed by atoms with van der Waals surface area (Å²) in [5.74, 6) is -0.270. The Hall–Kier alpha value is 0.300. The average molecular weight is 245 g/mol. The average Bonchev–Trinajstić information content (AvgIpc) is 2.51. The van der Waals surface area contributed by atoms with E-state index in [9.17, 15) is 4.79 Å². The van der Waals surface area contributed by atoms with E-state index in [1.165, 1.54) is 0 Å². The second kappa shape index (κ2) is 3.16. The van der Waals surface area contributed by atoms with Gasteiger partial charge in [-0.25, -0.2) is 0 Å². The van der Waals surface area contributed by atoms with Crippen LogP contribution in [0.3, 0.4) is 0 Å². The van der Waals surface area contributed by atoms with Gasteiger partial charge in [-0.05, 0) is 12.8 Å². The third kappa shape index (κ3) is 1.63. The fraction of sp³-hybridized carbons (Fsp3) is 0.857. The zero-order chi connectivity index (χ0) is 9.64. The molecule has 13 heavy (non-hydrogen) atoms. The molecule has 2 atom stereocenters. The molecule has 0 aliphatic carbocycles. The van der Waals surface area contributed by atoms with Crippen molar-refractivity contribution in [2.75, 3.05) is 6.54 Å². The fourth-order valence-corrected chi connectivity index (χ4v) is 2.34. The van der Waals surface area contributed by atoms with Gasteiger partial charge in [0.1, 0.15) is 6.04 Å². The lowest BCUT2D eigenvalue weighted by Gasteiger charge is -2.25. The Kier molecular flexibility index (Phi) is 2.39. The van der Waals surface area contributed by atoms with Crippen LogP contribution in [0.15, 0.2) is 0 Å². The van der Waals surface area contributed by atoms with Gasteiger partial charge in [0.05, 0.1) is 0 Å². The molecular formula is C7H8Cl3NO2. The summed E-state index contributed by atoms with van der Waals surface area (Å²) in [6.07, 6.45) is 1.05. The van der Waals surface area contributed by atoms with Crippen molar-refractivity contribution in [3.63, 3.8) is 0 Å². The predicted molar refractivity (Wildman–Crippen MR) is 49.9 cm³/mol. The molecule has 3 nitrogen and oxygen atoms in total. The smallest absolute Gasteiger partial charge is 0.325 e. The maximum atomic E-state index is 11.3. The van der Waals surface area contributed by atoms with Crippen LogP contribution in [-0.2, 0) is 9.53 Å². The number of hydrogen-bond donors (Lipinski definition) is 0. The molecule has 6 heteroatoms. The standard InChI is InChI=1S/C7H8Cl3NO2/c8-7(9,10)6-11-3-1-2-4(11)5(12)13-6/h4,6H,1-3H2/t4-,6-/m1/s1. The highest BCUT2D eigenvalue weighted by atomic mass is 35.6. The number of fused-ring (bicyclic) bond motifs is 1. The molecule has 0 radical (unpaired) electrons. The first-order valence-corrected chi connectivity index (χ1v) is 5.16. The van der Waals surface area contributed by atoms with Gasteiger partial charge in [0.15, 0.2) is 0 Å². The molecule has 0 N–H and O–H groups in total. The molecule has 0 aromatic carbocycles. The van der Waals surface area contributed by atoms with Gasteiger partial charge in [-0.15, -0.1) is 0 Å². The Balaban J connectivity index is 2.20. The van der Waals surface area contributed by atoms with Crippen molar-refractivity contribution in [1.29, 1.82) is 0 Å². The van der Waals surface area contributed by atoms with Crippen LogP contribution in [0.25, 0.3) is 0 Å². The number of cyclic esters (lactones) is 1. The van der Waals surface area contributed by atoms with Gasteiger partial charge < -0.3 is 4.74 Å². The number of esters is 1. The van der Waals surface area contributed by atoms with Crippen LogP contribution in [0.2, 0.25) is 0 Å². The maximum absolute atomic E-state index is 11.3. The number of alkyl halides is 3. The molecule has 0 aromatic rings. The summed E-state index contributed by atoms with van der Waals surface area (Å²) in [6, 6.07) is -0.194. The zero-order valence-electron chi connectivity index (χ0n) is 6.67. The third-order valence-corrected chi connectivity index (χ3v) is 2.94. The van der Waals surface area contributed by atoms with Crippen molar-refractivity contribution in [3.05, 3.63) is 0 Å². The van der Waals surface area contributed by atoms with E-state index in [1.54, 1.807) is 0 Å². The van der Waals surface area contributed by atoms with Gasteiger partial charge in [-0.1, -0.05) is 34.8 Å². The van der Waals surface area contributed by atoms with Crippen LogP contribution in [0, 0.1) is 0 Å². The number of rotatable bonds is 0. The molecule has 0 spiro atoms. The molecule has 2 fully saturated rings. The summed E-state index contributed by atoms with van der Waals surface area (Å²) in [4.78, 5) is 13.1. The van der Waals surface area contributed by atoms with Crippen LogP contribution in [0.4, 0.5) is 0 Å². The molecule has 2 aliphatic heterocycles. The molecule has 2 rings (SSSR count). The van der Waals surface area contributed by atoms with Crippen LogP contribution in [0.1, 0.15) is 12.8 Å². The number of carbonyl (C=O) groups excluding carboxylic acids is 1. The molecule has 2 heterocycles. The highest BCUT2D eigenvalue weighted by Crippen LogP contribution is 2.41. The van der Waals surface area contributed by atoms with E-state index in [0.717, 1.165) is 19.4 Å². The van der Waals surface area contributed by atoms with E-state index in [0.29, 0.717) is 0 Å². The second-order valence-electron chi connectivity index (χ2n) is 3.23. The minimum Gasteiger partial charge on any atom is -0.440 e. The highest BCUT2D eigenvalue weighted by molar-refractivity contribution is 6.68.